The lowest BCUT2D eigenvalue weighted by molar-refractivity contribution is -0.171. The molecule has 20 heavy (non-hydrogen) atoms. The minimum atomic E-state index is -4.88. The van der Waals surface area contributed by atoms with E-state index in [2.05, 4.69) is 11.9 Å². The second kappa shape index (κ2) is 5.28. The topological polar surface area (TPSA) is 38.3 Å². The summed E-state index contributed by atoms with van der Waals surface area (Å²) in [6.07, 6.45) is -4.37. The van der Waals surface area contributed by atoms with Crippen LogP contribution in [-0.2, 0) is 11.2 Å². The smallest absolute Gasteiger partial charge is 0.452 e. The molecule has 2 rings (SSSR count). The molecule has 1 aliphatic rings. The summed E-state index contributed by atoms with van der Waals surface area (Å²) in [6, 6.07) is 3.61. The molecule has 0 saturated heterocycles. The lowest BCUT2D eigenvalue weighted by Gasteiger charge is -2.19. The third-order valence-electron chi connectivity index (χ3n) is 3.29. The Morgan fingerprint density at radius 3 is 2.75 bits per heavy atom. The maximum absolute atomic E-state index is 12.6. The number of ether oxygens (including phenoxy) is 1. The summed E-state index contributed by atoms with van der Waals surface area (Å²) in [5.41, 5.74) is 1.53. The summed E-state index contributed by atoms with van der Waals surface area (Å²) in [5, 5.41) is 2.61. The Kier molecular flexibility index (Phi) is 3.85. The average Bonchev–Trinajstić information content (AvgIpc) is 2.56. The number of nitrogens with one attached hydrogen (secondary N) is 1. The van der Waals surface area contributed by atoms with E-state index in [4.69, 9.17) is 4.74 Å². The molecule has 0 saturated carbocycles. The van der Waals surface area contributed by atoms with Gasteiger partial charge in [-0.2, -0.15) is 13.2 Å². The fourth-order valence-electron chi connectivity index (χ4n) is 2.26. The van der Waals surface area contributed by atoms with Gasteiger partial charge in [-0.1, -0.05) is 12.6 Å². The predicted molar refractivity (Wildman–Crippen MR) is 68.6 cm³/mol. The Hall–Kier alpha value is -1.82. The van der Waals surface area contributed by atoms with Crippen LogP contribution in [0, 0.1) is 0 Å². The highest BCUT2D eigenvalue weighted by atomic mass is 19.4. The SMILES string of the molecule is C=C1c2ccc(OC)cc2CCNC1C(=O)C(F)(F)F. The Morgan fingerprint density at radius 2 is 2.15 bits per heavy atom. The zero-order valence-corrected chi connectivity index (χ0v) is 10.9. The van der Waals surface area contributed by atoms with Crippen molar-refractivity contribution in [2.45, 2.75) is 18.6 Å². The van der Waals surface area contributed by atoms with Crippen LogP contribution in [0.4, 0.5) is 13.2 Å². The minimum Gasteiger partial charge on any atom is -0.497 e. The Labute approximate surface area is 114 Å². The van der Waals surface area contributed by atoms with Crippen molar-refractivity contribution in [1.82, 2.24) is 5.32 Å². The molecule has 108 valence electrons. The van der Waals surface area contributed by atoms with Gasteiger partial charge in [0.05, 0.1) is 7.11 Å². The van der Waals surface area contributed by atoms with Crippen molar-refractivity contribution in [3.8, 4) is 5.75 Å². The van der Waals surface area contributed by atoms with Crippen molar-refractivity contribution in [3.63, 3.8) is 0 Å². The van der Waals surface area contributed by atoms with E-state index >= 15 is 0 Å². The molecule has 0 radical (unpaired) electrons. The number of Topliss-reactive ketones (excluding diaryl/α,β-unsaturated/α-hetero) is 1. The number of ketones is 1. The van der Waals surface area contributed by atoms with Gasteiger partial charge in [0, 0.05) is 6.54 Å². The molecule has 1 aromatic carbocycles. The number of benzene rings is 1. The molecule has 6 heteroatoms. The van der Waals surface area contributed by atoms with Crippen LogP contribution in [0.5, 0.6) is 5.75 Å². The monoisotopic (exact) mass is 285 g/mol. The van der Waals surface area contributed by atoms with E-state index in [0.29, 0.717) is 17.7 Å². The molecule has 1 unspecified atom stereocenters. The maximum atomic E-state index is 12.6. The lowest BCUT2D eigenvalue weighted by Crippen LogP contribution is -2.44. The normalized spacial score (nSPS) is 19.2. The van der Waals surface area contributed by atoms with Gasteiger partial charge in [-0.05, 0) is 35.3 Å². The Morgan fingerprint density at radius 1 is 1.45 bits per heavy atom. The minimum absolute atomic E-state index is 0.141. The van der Waals surface area contributed by atoms with Crippen molar-refractivity contribution in [2.24, 2.45) is 0 Å². The highest BCUT2D eigenvalue weighted by Gasteiger charge is 2.44. The van der Waals surface area contributed by atoms with Gasteiger partial charge in [-0.15, -0.1) is 0 Å². The molecular weight excluding hydrogens is 271 g/mol. The van der Waals surface area contributed by atoms with Gasteiger partial charge in [-0.3, -0.25) is 4.79 Å². The molecule has 1 N–H and O–H groups in total. The van der Waals surface area contributed by atoms with Crippen LogP contribution in [0.25, 0.3) is 5.57 Å². The van der Waals surface area contributed by atoms with Crippen molar-refractivity contribution in [2.75, 3.05) is 13.7 Å². The fraction of sp³-hybridized carbons (Fsp3) is 0.357. The van der Waals surface area contributed by atoms with Gasteiger partial charge in [-0.25, -0.2) is 0 Å². The number of hydrogen-bond acceptors (Lipinski definition) is 3. The van der Waals surface area contributed by atoms with E-state index in [0.717, 1.165) is 5.56 Å². The largest absolute Gasteiger partial charge is 0.497 e. The third-order valence-corrected chi connectivity index (χ3v) is 3.29. The summed E-state index contributed by atoms with van der Waals surface area (Å²) in [7, 11) is 1.52. The molecular formula is C14H14F3NO2. The van der Waals surface area contributed by atoms with Gasteiger partial charge in [0.2, 0.25) is 0 Å². The van der Waals surface area contributed by atoms with Crippen LogP contribution in [-0.4, -0.2) is 31.7 Å². The summed E-state index contributed by atoms with van der Waals surface area (Å²) in [5.74, 6) is -1.19. The lowest BCUT2D eigenvalue weighted by atomic mass is 9.93. The number of fused-ring (bicyclic) bond motifs is 1. The quantitative estimate of drug-likeness (QED) is 0.906. The molecule has 1 aliphatic heterocycles. The van der Waals surface area contributed by atoms with Crippen LogP contribution < -0.4 is 10.1 Å². The van der Waals surface area contributed by atoms with Crippen LogP contribution in [0.15, 0.2) is 24.8 Å². The first-order chi connectivity index (χ1) is 9.34. The van der Waals surface area contributed by atoms with Gasteiger partial charge in [0.15, 0.2) is 0 Å². The second-order valence-electron chi connectivity index (χ2n) is 4.55. The highest BCUT2D eigenvalue weighted by molar-refractivity contribution is 6.00. The molecule has 1 heterocycles. The standard InChI is InChI=1S/C14H14F3NO2/c1-8-11-4-3-10(20-2)7-9(11)5-6-18-12(8)13(19)14(15,16)17/h3-4,7,12,18H,1,5-6H2,2H3. The number of carbonyl (C=O) groups excluding carboxylic acids is 1. The number of alkyl halides is 3. The maximum Gasteiger partial charge on any atom is 0.452 e. The first-order valence-electron chi connectivity index (χ1n) is 6.05. The summed E-state index contributed by atoms with van der Waals surface area (Å²) < 4.78 is 42.8. The molecule has 3 nitrogen and oxygen atoms in total. The zero-order valence-electron chi connectivity index (χ0n) is 10.9. The Bertz CT molecular complexity index is 552. The number of methoxy groups -OCH3 is 1. The summed E-state index contributed by atoms with van der Waals surface area (Å²) >= 11 is 0. The van der Waals surface area contributed by atoms with Gasteiger partial charge < -0.3 is 10.1 Å². The van der Waals surface area contributed by atoms with Crippen LogP contribution >= 0.6 is 0 Å². The van der Waals surface area contributed by atoms with E-state index in [1.807, 2.05) is 0 Å². The van der Waals surface area contributed by atoms with E-state index in [1.165, 1.54) is 7.11 Å². The molecule has 1 aromatic rings. The predicted octanol–water partition coefficient (Wildman–Crippen LogP) is 2.35. The molecule has 1 atom stereocenters. The number of carbonyl (C=O) groups is 1. The van der Waals surface area contributed by atoms with Gasteiger partial charge in [0.25, 0.3) is 5.78 Å². The van der Waals surface area contributed by atoms with Gasteiger partial charge >= 0.3 is 6.18 Å². The fourth-order valence-corrected chi connectivity index (χ4v) is 2.26. The third kappa shape index (κ3) is 2.70. The van der Waals surface area contributed by atoms with E-state index < -0.39 is 18.0 Å². The van der Waals surface area contributed by atoms with Gasteiger partial charge in [0.1, 0.15) is 11.8 Å². The second-order valence-corrected chi connectivity index (χ2v) is 4.55. The Balaban J connectivity index is 2.38. The molecule has 0 aromatic heterocycles. The van der Waals surface area contributed by atoms with Crippen LogP contribution in [0.3, 0.4) is 0 Å². The molecule has 0 bridgehead atoms. The summed E-state index contributed by atoms with van der Waals surface area (Å²) in [4.78, 5) is 11.4. The van der Waals surface area contributed by atoms with Crippen molar-refractivity contribution in [3.05, 3.63) is 35.9 Å². The molecule has 0 aliphatic carbocycles. The first-order valence-corrected chi connectivity index (χ1v) is 6.05. The van der Waals surface area contributed by atoms with Crippen LogP contribution in [0.2, 0.25) is 0 Å². The van der Waals surface area contributed by atoms with Crippen molar-refractivity contribution >= 4 is 11.4 Å². The van der Waals surface area contributed by atoms with E-state index in [-0.39, 0.29) is 12.1 Å². The zero-order chi connectivity index (χ0) is 14.9. The number of hydrogen-bond donors (Lipinski definition) is 1. The molecule has 0 spiro atoms. The number of halogens is 3. The first kappa shape index (κ1) is 14.6. The number of rotatable bonds is 2. The van der Waals surface area contributed by atoms with E-state index in [1.54, 1.807) is 18.2 Å². The average molecular weight is 285 g/mol. The van der Waals surface area contributed by atoms with Crippen molar-refractivity contribution in [1.29, 1.82) is 0 Å². The molecule has 0 amide bonds. The van der Waals surface area contributed by atoms with E-state index in [9.17, 15) is 18.0 Å². The summed E-state index contributed by atoms with van der Waals surface area (Å²) in [6.45, 7) is 3.93. The highest BCUT2D eigenvalue weighted by Crippen LogP contribution is 2.30. The van der Waals surface area contributed by atoms with Crippen molar-refractivity contribution < 1.29 is 22.7 Å². The van der Waals surface area contributed by atoms with Crippen LogP contribution in [0.1, 0.15) is 11.1 Å². The molecule has 0 fully saturated rings.